The third-order valence-electron chi connectivity index (χ3n) is 2.22. The highest BCUT2D eigenvalue weighted by Gasteiger charge is 2.06. The monoisotopic (exact) mass is 310 g/mol. The molecule has 1 aromatic carbocycles. The lowest BCUT2D eigenvalue weighted by Crippen LogP contribution is -2.11. The van der Waals surface area contributed by atoms with Crippen molar-refractivity contribution in [3.63, 3.8) is 0 Å². The van der Waals surface area contributed by atoms with Gasteiger partial charge in [-0.2, -0.15) is 0 Å². The number of aryl methyl sites for hydroxylation is 1. The standard InChI is InChI=1S/C12H11BrN2OS/c1-8-2-4-9(5-3-8)10-7-17-12(14-10)15-11(16)6-13/h2-5,7H,6H2,1H3,(H,14,15,16). The van der Waals surface area contributed by atoms with Crippen molar-refractivity contribution in [1.29, 1.82) is 0 Å². The largest absolute Gasteiger partial charge is 0.301 e. The van der Waals surface area contributed by atoms with E-state index < -0.39 is 0 Å². The van der Waals surface area contributed by atoms with Crippen LogP contribution < -0.4 is 5.32 Å². The molecule has 1 heterocycles. The Morgan fingerprint density at radius 1 is 1.41 bits per heavy atom. The van der Waals surface area contributed by atoms with Gasteiger partial charge >= 0.3 is 0 Å². The summed E-state index contributed by atoms with van der Waals surface area (Å²) in [5.41, 5.74) is 3.17. The first-order chi connectivity index (χ1) is 8.19. The quantitative estimate of drug-likeness (QED) is 0.882. The fourth-order valence-electron chi connectivity index (χ4n) is 1.34. The molecule has 0 spiro atoms. The van der Waals surface area contributed by atoms with E-state index in [1.807, 2.05) is 36.6 Å². The van der Waals surface area contributed by atoms with E-state index in [1.165, 1.54) is 16.9 Å². The van der Waals surface area contributed by atoms with Crippen molar-refractivity contribution in [2.45, 2.75) is 6.92 Å². The zero-order valence-corrected chi connectivity index (χ0v) is 11.6. The Morgan fingerprint density at radius 3 is 2.76 bits per heavy atom. The molecule has 2 rings (SSSR count). The third kappa shape index (κ3) is 3.14. The summed E-state index contributed by atoms with van der Waals surface area (Å²) in [6.45, 7) is 2.05. The summed E-state index contributed by atoms with van der Waals surface area (Å²) >= 11 is 4.53. The maximum atomic E-state index is 11.2. The number of halogens is 1. The number of thiazole rings is 1. The molecule has 0 atom stereocenters. The molecule has 0 fully saturated rings. The third-order valence-corrected chi connectivity index (χ3v) is 3.49. The van der Waals surface area contributed by atoms with Crippen molar-refractivity contribution >= 4 is 38.3 Å². The van der Waals surface area contributed by atoms with Crippen molar-refractivity contribution in [3.8, 4) is 11.3 Å². The van der Waals surface area contributed by atoms with Gasteiger partial charge in [0.2, 0.25) is 5.91 Å². The van der Waals surface area contributed by atoms with Gasteiger partial charge in [-0.05, 0) is 6.92 Å². The number of carbonyl (C=O) groups is 1. The van der Waals surface area contributed by atoms with E-state index in [0.717, 1.165) is 11.3 Å². The summed E-state index contributed by atoms with van der Waals surface area (Å²) in [5, 5.41) is 5.57. The van der Waals surface area contributed by atoms with Gasteiger partial charge in [-0.3, -0.25) is 4.79 Å². The van der Waals surface area contributed by atoms with Crippen LogP contribution in [0.3, 0.4) is 0 Å². The Morgan fingerprint density at radius 2 is 2.12 bits per heavy atom. The molecular formula is C12H11BrN2OS. The number of carbonyl (C=O) groups excluding carboxylic acids is 1. The molecule has 0 saturated carbocycles. The molecule has 1 amide bonds. The second-order valence-corrected chi connectivity index (χ2v) is 5.00. The molecule has 88 valence electrons. The molecule has 0 aliphatic heterocycles. The second kappa shape index (κ2) is 5.42. The van der Waals surface area contributed by atoms with Crippen molar-refractivity contribution in [2.24, 2.45) is 0 Å². The van der Waals surface area contributed by atoms with Crippen LogP contribution in [0.5, 0.6) is 0 Å². The molecule has 0 unspecified atom stereocenters. The van der Waals surface area contributed by atoms with E-state index in [4.69, 9.17) is 0 Å². The molecule has 3 nitrogen and oxygen atoms in total. The van der Waals surface area contributed by atoms with Gasteiger partial charge in [0, 0.05) is 10.9 Å². The summed E-state index contributed by atoms with van der Waals surface area (Å²) in [6, 6.07) is 8.15. The van der Waals surface area contributed by atoms with Crippen molar-refractivity contribution in [3.05, 3.63) is 35.2 Å². The van der Waals surface area contributed by atoms with Gasteiger partial charge < -0.3 is 5.32 Å². The van der Waals surface area contributed by atoms with Crippen molar-refractivity contribution < 1.29 is 4.79 Å². The second-order valence-electron chi connectivity index (χ2n) is 3.59. The van der Waals surface area contributed by atoms with Gasteiger partial charge in [0.15, 0.2) is 5.13 Å². The van der Waals surface area contributed by atoms with Crippen LogP contribution in [-0.4, -0.2) is 16.2 Å². The number of alkyl halides is 1. The van der Waals surface area contributed by atoms with Crippen LogP contribution in [0.25, 0.3) is 11.3 Å². The van der Waals surface area contributed by atoms with Crippen LogP contribution >= 0.6 is 27.3 Å². The number of nitrogens with one attached hydrogen (secondary N) is 1. The summed E-state index contributed by atoms with van der Waals surface area (Å²) in [5.74, 6) is -0.0881. The van der Waals surface area contributed by atoms with Crippen LogP contribution in [0, 0.1) is 6.92 Å². The zero-order valence-electron chi connectivity index (χ0n) is 9.24. The van der Waals surface area contributed by atoms with Gasteiger partial charge in [0.25, 0.3) is 0 Å². The predicted molar refractivity (Wildman–Crippen MR) is 74.7 cm³/mol. The molecule has 0 bridgehead atoms. The Hall–Kier alpha value is -1.20. The van der Waals surface area contributed by atoms with E-state index in [2.05, 4.69) is 26.2 Å². The van der Waals surface area contributed by atoms with Crippen LogP contribution in [0.2, 0.25) is 0 Å². The highest BCUT2D eigenvalue weighted by molar-refractivity contribution is 9.09. The molecule has 1 aromatic heterocycles. The molecular weight excluding hydrogens is 300 g/mol. The molecule has 5 heteroatoms. The lowest BCUT2D eigenvalue weighted by Gasteiger charge is -1.98. The Balaban J connectivity index is 2.18. The Labute approximate surface area is 112 Å². The van der Waals surface area contributed by atoms with Crippen molar-refractivity contribution in [1.82, 2.24) is 4.98 Å². The van der Waals surface area contributed by atoms with Gasteiger partial charge in [0.1, 0.15) is 0 Å². The number of aromatic nitrogens is 1. The summed E-state index contributed by atoms with van der Waals surface area (Å²) in [4.78, 5) is 15.5. The highest BCUT2D eigenvalue weighted by Crippen LogP contribution is 2.25. The lowest BCUT2D eigenvalue weighted by atomic mass is 10.1. The topological polar surface area (TPSA) is 42.0 Å². The van der Waals surface area contributed by atoms with E-state index >= 15 is 0 Å². The predicted octanol–water partition coefficient (Wildman–Crippen LogP) is 3.45. The minimum Gasteiger partial charge on any atom is -0.301 e. The highest BCUT2D eigenvalue weighted by atomic mass is 79.9. The van der Waals surface area contributed by atoms with Crippen molar-refractivity contribution in [2.75, 3.05) is 10.6 Å². The Bertz CT molecular complexity index is 522. The minimum atomic E-state index is -0.0881. The molecule has 0 aliphatic carbocycles. The summed E-state index contributed by atoms with van der Waals surface area (Å²) in [7, 11) is 0. The number of benzene rings is 1. The minimum absolute atomic E-state index is 0.0881. The molecule has 2 aromatic rings. The normalized spacial score (nSPS) is 10.2. The maximum absolute atomic E-state index is 11.2. The van der Waals surface area contributed by atoms with E-state index in [1.54, 1.807) is 0 Å². The van der Waals surface area contributed by atoms with E-state index in [9.17, 15) is 4.79 Å². The average molecular weight is 311 g/mol. The fourth-order valence-corrected chi connectivity index (χ4v) is 2.22. The van der Waals surface area contributed by atoms with Crippen LogP contribution in [0.15, 0.2) is 29.6 Å². The summed E-state index contributed by atoms with van der Waals surface area (Å²) < 4.78 is 0. The molecule has 0 radical (unpaired) electrons. The van der Waals surface area contributed by atoms with Crippen LogP contribution in [0.1, 0.15) is 5.56 Å². The van der Waals surface area contributed by atoms with Gasteiger partial charge in [0.05, 0.1) is 11.0 Å². The van der Waals surface area contributed by atoms with E-state index in [0.29, 0.717) is 5.13 Å². The first-order valence-electron chi connectivity index (χ1n) is 5.07. The molecule has 0 saturated heterocycles. The lowest BCUT2D eigenvalue weighted by molar-refractivity contribution is -0.113. The number of hydrogen-bond acceptors (Lipinski definition) is 3. The molecule has 0 aliphatic rings. The Kier molecular flexibility index (Phi) is 3.91. The zero-order chi connectivity index (χ0) is 12.3. The smallest absolute Gasteiger partial charge is 0.236 e. The first-order valence-corrected chi connectivity index (χ1v) is 7.07. The number of anilines is 1. The van der Waals surface area contributed by atoms with E-state index in [-0.39, 0.29) is 11.2 Å². The van der Waals surface area contributed by atoms with Crippen LogP contribution in [-0.2, 0) is 4.79 Å². The van der Waals surface area contributed by atoms with Gasteiger partial charge in [-0.25, -0.2) is 4.98 Å². The number of hydrogen-bond donors (Lipinski definition) is 1. The number of rotatable bonds is 3. The molecule has 17 heavy (non-hydrogen) atoms. The first kappa shape index (κ1) is 12.3. The summed E-state index contributed by atoms with van der Waals surface area (Å²) in [6.07, 6.45) is 0. The molecule has 1 N–H and O–H groups in total. The van der Waals surface area contributed by atoms with Gasteiger partial charge in [-0.15, -0.1) is 11.3 Å². The number of nitrogens with zero attached hydrogens (tertiary/aromatic N) is 1. The fraction of sp³-hybridized carbons (Fsp3) is 0.167. The maximum Gasteiger partial charge on any atom is 0.236 e. The SMILES string of the molecule is Cc1ccc(-c2csc(NC(=O)CBr)n2)cc1. The average Bonchev–Trinajstić information content (AvgIpc) is 2.78. The number of amides is 1. The van der Waals surface area contributed by atoms with Gasteiger partial charge in [-0.1, -0.05) is 45.8 Å². The van der Waals surface area contributed by atoms with Crippen LogP contribution in [0.4, 0.5) is 5.13 Å².